The summed E-state index contributed by atoms with van der Waals surface area (Å²) in [4.78, 5) is 37.4. The lowest BCUT2D eigenvalue weighted by Gasteiger charge is -2.35. The Hall–Kier alpha value is -5.07. The van der Waals surface area contributed by atoms with Crippen molar-refractivity contribution in [2.24, 2.45) is 10.4 Å². The monoisotopic (exact) mass is 819 g/mol. The van der Waals surface area contributed by atoms with Gasteiger partial charge >= 0.3 is 12.2 Å². The fourth-order valence-electron chi connectivity index (χ4n) is 6.01. The lowest BCUT2D eigenvalue weighted by atomic mass is 9.92. The number of sulfone groups is 1. The highest BCUT2D eigenvalue weighted by atomic mass is 35.5. The van der Waals surface area contributed by atoms with E-state index in [-0.39, 0.29) is 74.4 Å². The van der Waals surface area contributed by atoms with E-state index in [1.54, 1.807) is 0 Å². The molecule has 1 aliphatic carbocycles. The van der Waals surface area contributed by atoms with Gasteiger partial charge < -0.3 is 20.5 Å². The molecule has 1 saturated carbocycles. The second-order valence-electron chi connectivity index (χ2n) is 14.8. The summed E-state index contributed by atoms with van der Waals surface area (Å²) in [5, 5.41) is 18.2. The third kappa shape index (κ3) is 8.66. The number of aromatic nitrogens is 3. The maximum atomic E-state index is 16.4. The van der Waals surface area contributed by atoms with E-state index in [0.29, 0.717) is 6.42 Å². The van der Waals surface area contributed by atoms with E-state index in [2.05, 4.69) is 20.4 Å². The average Bonchev–Trinajstić information content (AvgIpc) is 3.74. The van der Waals surface area contributed by atoms with Gasteiger partial charge in [-0.05, 0) is 72.2 Å². The third-order valence-corrected chi connectivity index (χ3v) is 10.8. The number of halogens is 5. The van der Waals surface area contributed by atoms with Gasteiger partial charge in [-0.1, -0.05) is 56.6 Å². The molecule has 2 bridgehead atoms. The van der Waals surface area contributed by atoms with Gasteiger partial charge in [0, 0.05) is 23.9 Å². The normalized spacial score (nSPS) is 18.8. The largest absolute Gasteiger partial charge is 0.447 e. The van der Waals surface area contributed by atoms with Gasteiger partial charge in [0.05, 0.1) is 21.6 Å². The van der Waals surface area contributed by atoms with Crippen LogP contribution in [0.2, 0.25) is 5.02 Å². The van der Waals surface area contributed by atoms with Crippen LogP contribution in [0.15, 0.2) is 76.9 Å². The first-order valence-electron chi connectivity index (χ1n) is 17.3. The summed E-state index contributed by atoms with van der Waals surface area (Å²) < 4.78 is 91.2. The molecule has 56 heavy (non-hydrogen) atoms. The molecule has 2 heterocycles. The number of aliphatic imine (C=N–C) groups is 1. The number of amides is 2. The Morgan fingerprint density at radius 1 is 1.12 bits per heavy atom. The Bertz CT molecular complexity index is 2310. The van der Waals surface area contributed by atoms with Crippen molar-refractivity contribution >= 4 is 39.4 Å². The summed E-state index contributed by atoms with van der Waals surface area (Å²) in [5.74, 6) is -2.50. The van der Waals surface area contributed by atoms with Gasteiger partial charge in [-0.2, -0.15) is 13.9 Å². The van der Waals surface area contributed by atoms with Crippen LogP contribution in [0.25, 0.3) is 16.8 Å². The maximum absolute atomic E-state index is 16.4. The van der Waals surface area contributed by atoms with Gasteiger partial charge in [0.2, 0.25) is 12.3 Å². The summed E-state index contributed by atoms with van der Waals surface area (Å²) in [5.41, 5.74) is -2.25. The molecule has 1 unspecified atom stereocenters. The van der Waals surface area contributed by atoms with Gasteiger partial charge in [0.25, 0.3) is 5.91 Å². The van der Waals surface area contributed by atoms with Gasteiger partial charge in [0.1, 0.15) is 24.3 Å². The quantitative estimate of drug-likeness (QED) is 0.126. The molecule has 6 rings (SSSR count). The zero-order valence-electron chi connectivity index (χ0n) is 30.6. The van der Waals surface area contributed by atoms with Crippen molar-refractivity contribution in [3.8, 4) is 16.8 Å². The SMILES string of the molecule is CC(C)(C)CCN=C1NC(F)c2ncnn2-c2cc(ccc2Cl)[C@@H](COC(=O)NC2(C(O)(F)F)CC2)N1C(=O)c1ccc(-c2cccc(S(C)(=O)=O)c2)c(F)c1. The lowest BCUT2D eigenvalue weighted by molar-refractivity contribution is -0.227. The second-order valence-corrected chi connectivity index (χ2v) is 17.2. The number of fused-ring (bicyclic) bond motifs is 4. The van der Waals surface area contributed by atoms with E-state index in [1.807, 2.05) is 26.1 Å². The number of benzene rings is 3. The van der Waals surface area contributed by atoms with Crippen molar-refractivity contribution in [2.45, 2.75) is 68.9 Å². The van der Waals surface area contributed by atoms with E-state index in [4.69, 9.17) is 16.3 Å². The minimum atomic E-state index is -4.25. The first-order chi connectivity index (χ1) is 26.2. The molecule has 2 atom stereocenters. The van der Waals surface area contributed by atoms with Crippen molar-refractivity contribution in [1.29, 1.82) is 0 Å². The van der Waals surface area contributed by atoms with Crippen LogP contribution in [0.5, 0.6) is 0 Å². The predicted octanol–water partition coefficient (Wildman–Crippen LogP) is 6.52. The Balaban J connectivity index is 1.48. The van der Waals surface area contributed by atoms with E-state index in [1.165, 1.54) is 54.6 Å². The first-order valence-corrected chi connectivity index (χ1v) is 19.6. The molecule has 3 N–H and O–H groups in total. The molecule has 2 amide bonds. The van der Waals surface area contributed by atoms with Crippen LogP contribution >= 0.6 is 11.6 Å². The number of hydrogen-bond acceptors (Lipinski definition) is 9. The highest BCUT2D eigenvalue weighted by Gasteiger charge is 2.63. The highest BCUT2D eigenvalue weighted by Crippen LogP contribution is 2.46. The van der Waals surface area contributed by atoms with Crippen LogP contribution in [0, 0.1) is 11.2 Å². The van der Waals surface area contributed by atoms with Crippen LogP contribution in [0.1, 0.15) is 74.1 Å². The van der Waals surface area contributed by atoms with Gasteiger partial charge in [-0.3, -0.25) is 14.7 Å². The number of hydrogen-bond donors (Lipinski definition) is 3. The number of carbonyl (C=O) groups is 2. The fourth-order valence-corrected chi connectivity index (χ4v) is 6.87. The van der Waals surface area contributed by atoms with Crippen molar-refractivity contribution in [3.05, 3.63) is 94.8 Å². The summed E-state index contributed by atoms with van der Waals surface area (Å²) in [6.07, 6.45) is -5.67. The van der Waals surface area contributed by atoms with Crippen molar-refractivity contribution in [2.75, 3.05) is 19.4 Å². The summed E-state index contributed by atoms with van der Waals surface area (Å²) in [6, 6.07) is 12.0. The van der Waals surface area contributed by atoms with Crippen LogP contribution < -0.4 is 10.6 Å². The van der Waals surface area contributed by atoms with E-state index < -0.39 is 58.2 Å². The molecule has 3 aromatic carbocycles. The topological polar surface area (TPSA) is 168 Å². The predicted molar refractivity (Wildman–Crippen MR) is 197 cm³/mol. The van der Waals surface area contributed by atoms with E-state index >= 15 is 8.78 Å². The molecule has 13 nitrogen and oxygen atoms in total. The molecule has 0 saturated heterocycles. The number of ether oxygens (including phenoxy) is 1. The second kappa shape index (κ2) is 15.1. The van der Waals surface area contributed by atoms with Gasteiger partial charge in [0.15, 0.2) is 15.7 Å². The zero-order valence-corrected chi connectivity index (χ0v) is 32.1. The molecule has 298 valence electrons. The Morgan fingerprint density at radius 2 is 1.86 bits per heavy atom. The number of carbonyl (C=O) groups excluding carboxylic acids is 2. The van der Waals surface area contributed by atoms with Crippen LogP contribution in [-0.4, -0.2) is 82.2 Å². The van der Waals surface area contributed by atoms with Crippen LogP contribution in [0.4, 0.5) is 22.4 Å². The minimum Gasteiger partial charge on any atom is -0.447 e. The number of nitrogens with zero attached hydrogens (tertiary/aromatic N) is 5. The Morgan fingerprint density at radius 3 is 2.50 bits per heavy atom. The number of guanidine groups is 1. The Labute approximate surface area is 324 Å². The molecule has 1 aromatic heterocycles. The van der Waals surface area contributed by atoms with Gasteiger partial charge in [-0.25, -0.2) is 31.7 Å². The zero-order chi connectivity index (χ0) is 40.8. The van der Waals surface area contributed by atoms with Crippen LogP contribution in [-0.2, 0) is 14.6 Å². The van der Waals surface area contributed by atoms with Crippen molar-refractivity contribution in [3.63, 3.8) is 0 Å². The highest BCUT2D eigenvalue weighted by molar-refractivity contribution is 7.90. The van der Waals surface area contributed by atoms with Crippen molar-refractivity contribution in [1.82, 2.24) is 30.3 Å². The minimum absolute atomic E-state index is 0.0260. The average molecular weight is 820 g/mol. The van der Waals surface area contributed by atoms with E-state index in [0.717, 1.165) is 28.2 Å². The third-order valence-electron chi connectivity index (χ3n) is 9.35. The Kier molecular flexibility index (Phi) is 11.0. The molecule has 0 radical (unpaired) electrons. The number of aliphatic hydroxyl groups is 1. The molecule has 19 heteroatoms. The number of rotatable bonds is 9. The smallest absolute Gasteiger partial charge is 0.407 e. The van der Waals surface area contributed by atoms with E-state index in [9.17, 15) is 31.9 Å². The fraction of sp³-hybridized carbons (Fsp3) is 0.378. The molecule has 4 aromatic rings. The van der Waals surface area contributed by atoms with Gasteiger partial charge in [-0.15, -0.1) is 0 Å². The van der Waals surface area contributed by atoms with Crippen molar-refractivity contribution < 1.29 is 45.4 Å². The molecule has 1 fully saturated rings. The molecule has 2 aliphatic rings. The number of nitrogens with one attached hydrogen (secondary N) is 2. The number of alkyl carbamates (subject to hydrolysis) is 1. The lowest BCUT2D eigenvalue weighted by Crippen LogP contribution is -2.52. The molecular formula is C37H38ClF4N7O6S. The summed E-state index contributed by atoms with van der Waals surface area (Å²) in [7, 11) is -3.64. The summed E-state index contributed by atoms with van der Waals surface area (Å²) in [6.45, 7) is 5.14. The molecule has 1 aliphatic heterocycles. The standard InChI is InChI=1S/C37H38ClF4N7O6S/c1-35(2,3)14-15-43-33-46-30(40)31-44-20-45-49(31)28-18-22(9-11-26(28)38)29(19-55-34(51)47-36(12-13-36)37(41,42)52)48(33)32(50)23-8-10-25(27(39)17-23)21-6-5-7-24(16-21)56(4,53)54/h5-11,16-18,20,29-30,52H,12-15,19H2,1-4H3,(H,43,46)(H,47,51)/t29-,30?/m1/s1. The molecule has 0 spiro atoms. The molecular weight excluding hydrogens is 782 g/mol. The van der Waals surface area contributed by atoms with Crippen LogP contribution in [0.3, 0.4) is 0 Å². The maximum Gasteiger partial charge on any atom is 0.407 e. The first kappa shape index (κ1) is 40.6. The summed E-state index contributed by atoms with van der Waals surface area (Å²) >= 11 is 6.53. The number of alkyl halides is 3.